The molecule has 0 fully saturated rings. The highest BCUT2D eigenvalue weighted by Crippen LogP contribution is 2.37. The van der Waals surface area contributed by atoms with Crippen molar-refractivity contribution in [3.05, 3.63) is 93.7 Å². The molecule has 0 spiro atoms. The van der Waals surface area contributed by atoms with Gasteiger partial charge in [0.15, 0.2) is 0 Å². The molecule has 1 heterocycles. The Kier molecular flexibility index (Phi) is 6.74. The molecule has 1 amide bonds. The van der Waals surface area contributed by atoms with Crippen LogP contribution in [0.4, 0.5) is 0 Å². The van der Waals surface area contributed by atoms with Gasteiger partial charge in [-0.15, -0.1) is 0 Å². The Morgan fingerprint density at radius 2 is 1.82 bits per heavy atom. The highest BCUT2D eigenvalue weighted by Gasteiger charge is 2.25. The molecule has 3 heteroatoms. The number of nitrogens with one attached hydrogen (secondary N) is 1. The summed E-state index contributed by atoms with van der Waals surface area (Å²) in [4.78, 5) is 17.8. The third-order valence-electron chi connectivity index (χ3n) is 7.04. The molecule has 3 aromatic rings. The van der Waals surface area contributed by atoms with Gasteiger partial charge < -0.3 is 5.32 Å². The Labute approximate surface area is 207 Å². The van der Waals surface area contributed by atoms with Gasteiger partial charge in [0.2, 0.25) is 0 Å². The number of allylic oxidation sites excluding steroid dienone is 1. The lowest BCUT2D eigenvalue weighted by Gasteiger charge is -2.29. The van der Waals surface area contributed by atoms with Crippen molar-refractivity contribution in [1.82, 2.24) is 10.3 Å². The zero-order chi connectivity index (χ0) is 24.5. The number of amides is 1. The zero-order valence-corrected chi connectivity index (χ0v) is 21.3. The van der Waals surface area contributed by atoms with E-state index in [2.05, 4.69) is 82.4 Å². The summed E-state index contributed by atoms with van der Waals surface area (Å²) >= 11 is 0. The molecule has 0 saturated heterocycles. The first-order chi connectivity index (χ1) is 16.2. The van der Waals surface area contributed by atoms with Crippen LogP contribution < -0.4 is 5.32 Å². The van der Waals surface area contributed by atoms with Crippen LogP contribution in [0.15, 0.2) is 54.7 Å². The van der Waals surface area contributed by atoms with Gasteiger partial charge in [-0.05, 0) is 91.5 Å². The maximum absolute atomic E-state index is 13.1. The SMILES string of the molecule is C/C=C\c1c(C)ccnc1-c1ccc2c(c1C)CCCC2NC(=O)c1ccc(C(C)(C)C)cc1.[HH].[HH]. The number of nitrogens with zero attached hydrogens (tertiary/aromatic N) is 1. The first-order valence-corrected chi connectivity index (χ1v) is 12.3. The van der Waals surface area contributed by atoms with E-state index in [1.807, 2.05) is 25.3 Å². The predicted octanol–water partition coefficient (Wildman–Crippen LogP) is 8.00. The van der Waals surface area contributed by atoms with Crippen LogP contribution in [0.3, 0.4) is 0 Å². The summed E-state index contributed by atoms with van der Waals surface area (Å²) in [5, 5.41) is 3.31. The minimum atomic E-state index is -0.00393. The monoisotopic (exact) mass is 456 g/mol. The van der Waals surface area contributed by atoms with Crippen LogP contribution >= 0.6 is 0 Å². The lowest BCUT2D eigenvalue weighted by atomic mass is 9.82. The quantitative estimate of drug-likeness (QED) is 0.432. The average Bonchev–Trinajstić information content (AvgIpc) is 2.81. The maximum Gasteiger partial charge on any atom is 0.251 e. The standard InChI is InChI=1S/C31H36N2O.2H2/c1-7-9-24-20(2)18-19-32-29(24)26-16-17-27-25(21(26)3)10-8-11-28(27)33-30(34)22-12-14-23(15-13-22)31(4,5)6;;/h7,9,12-19,28H,8,10-11H2,1-6H3,(H,33,34);2*1H/b9-7-;;. The number of rotatable bonds is 4. The molecule has 1 unspecified atom stereocenters. The summed E-state index contributed by atoms with van der Waals surface area (Å²) in [6.45, 7) is 12.9. The molecule has 180 valence electrons. The first kappa shape index (κ1) is 23.9. The Balaban J connectivity index is 0.00000228. The number of aryl methyl sites for hydroxylation is 1. The highest BCUT2D eigenvalue weighted by atomic mass is 16.1. The van der Waals surface area contributed by atoms with Crippen LogP contribution in [0.5, 0.6) is 0 Å². The van der Waals surface area contributed by atoms with E-state index in [0.29, 0.717) is 5.56 Å². The van der Waals surface area contributed by atoms with E-state index < -0.39 is 0 Å². The lowest BCUT2D eigenvalue weighted by molar-refractivity contribution is 0.0932. The summed E-state index contributed by atoms with van der Waals surface area (Å²) in [5.74, 6) is -0.00393. The van der Waals surface area contributed by atoms with Gasteiger partial charge in [-0.2, -0.15) is 0 Å². The molecular weight excluding hydrogens is 416 g/mol. The van der Waals surface area contributed by atoms with Gasteiger partial charge in [-0.3, -0.25) is 9.78 Å². The molecule has 1 aliphatic carbocycles. The number of fused-ring (bicyclic) bond motifs is 1. The number of carbonyl (C=O) groups excluding carboxylic acids is 1. The van der Waals surface area contributed by atoms with E-state index in [-0.39, 0.29) is 20.2 Å². The van der Waals surface area contributed by atoms with Crippen LogP contribution in [-0.2, 0) is 11.8 Å². The second-order valence-corrected chi connectivity index (χ2v) is 10.4. The van der Waals surface area contributed by atoms with E-state index in [9.17, 15) is 4.79 Å². The number of hydrogen-bond acceptors (Lipinski definition) is 2. The maximum atomic E-state index is 13.1. The van der Waals surface area contributed by atoms with Crippen molar-refractivity contribution in [2.45, 2.75) is 72.3 Å². The average molecular weight is 457 g/mol. The third-order valence-corrected chi connectivity index (χ3v) is 7.04. The Morgan fingerprint density at radius 1 is 1.09 bits per heavy atom. The van der Waals surface area contributed by atoms with E-state index in [0.717, 1.165) is 25.0 Å². The smallest absolute Gasteiger partial charge is 0.251 e. The minimum absolute atomic E-state index is 0. The molecule has 0 bridgehead atoms. The van der Waals surface area contributed by atoms with Gasteiger partial charge in [0, 0.05) is 25.7 Å². The van der Waals surface area contributed by atoms with E-state index in [4.69, 9.17) is 4.98 Å². The van der Waals surface area contributed by atoms with Crippen LogP contribution in [0.2, 0.25) is 0 Å². The summed E-state index contributed by atoms with van der Waals surface area (Å²) in [6.07, 6.45) is 9.17. The topological polar surface area (TPSA) is 42.0 Å². The normalized spacial score (nSPS) is 15.9. The molecule has 1 atom stereocenters. The molecule has 4 rings (SSSR count). The summed E-state index contributed by atoms with van der Waals surface area (Å²) in [5.41, 5.74) is 10.5. The fourth-order valence-corrected chi connectivity index (χ4v) is 5.01. The lowest BCUT2D eigenvalue weighted by Crippen LogP contribution is -2.31. The molecule has 0 saturated carbocycles. The number of hydrogen-bond donors (Lipinski definition) is 1. The molecule has 0 radical (unpaired) electrons. The Hall–Kier alpha value is -3.20. The third kappa shape index (κ3) is 4.70. The molecule has 2 aromatic carbocycles. The molecule has 1 aromatic heterocycles. The molecule has 3 nitrogen and oxygen atoms in total. The molecule has 0 aliphatic heterocycles. The van der Waals surface area contributed by atoms with E-state index >= 15 is 0 Å². The predicted molar refractivity (Wildman–Crippen MR) is 146 cm³/mol. The van der Waals surface area contributed by atoms with Gasteiger partial charge in [0.05, 0.1) is 11.7 Å². The van der Waals surface area contributed by atoms with E-state index in [1.54, 1.807) is 0 Å². The largest absolute Gasteiger partial charge is 0.345 e. The zero-order valence-electron chi connectivity index (χ0n) is 21.3. The molecule has 1 aliphatic rings. The van der Waals surface area contributed by atoms with Crippen LogP contribution in [0.1, 0.15) is 93.2 Å². The highest BCUT2D eigenvalue weighted by molar-refractivity contribution is 5.94. The second kappa shape index (κ2) is 9.58. The number of benzene rings is 2. The van der Waals surface area contributed by atoms with Gasteiger partial charge in [-0.1, -0.05) is 57.2 Å². The fraction of sp³-hybridized carbons (Fsp3) is 0.355. The molecular formula is C31H40N2O. The minimum Gasteiger partial charge on any atom is -0.345 e. The van der Waals surface area contributed by atoms with Crippen molar-refractivity contribution in [2.24, 2.45) is 0 Å². The van der Waals surface area contributed by atoms with Crippen molar-refractivity contribution in [1.29, 1.82) is 0 Å². The molecule has 34 heavy (non-hydrogen) atoms. The first-order valence-electron chi connectivity index (χ1n) is 12.3. The van der Waals surface area contributed by atoms with Crippen LogP contribution in [0, 0.1) is 13.8 Å². The number of pyridine rings is 1. The van der Waals surface area contributed by atoms with Gasteiger partial charge in [0.25, 0.3) is 5.91 Å². The fourth-order valence-electron chi connectivity index (χ4n) is 5.01. The van der Waals surface area contributed by atoms with Gasteiger partial charge >= 0.3 is 0 Å². The van der Waals surface area contributed by atoms with Crippen molar-refractivity contribution < 1.29 is 7.65 Å². The summed E-state index contributed by atoms with van der Waals surface area (Å²) in [6, 6.07) is 14.5. The van der Waals surface area contributed by atoms with Crippen molar-refractivity contribution in [3.63, 3.8) is 0 Å². The van der Waals surface area contributed by atoms with Crippen molar-refractivity contribution in [2.75, 3.05) is 0 Å². The van der Waals surface area contributed by atoms with Gasteiger partial charge in [0.1, 0.15) is 0 Å². The summed E-state index contributed by atoms with van der Waals surface area (Å²) in [7, 11) is 0. The van der Waals surface area contributed by atoms with Crippen molar-refractivity contribution >= 4 is 12.0 Å². The molecule has 1 N–H and O–H groups in total. The van der Waals surface area contributed by atoms with Crippen LogP contribution in [-0.4, -0.2) is 10.9 Å². The second-order valence-electron chi connectivity index (χ2n) is 10.4. The Bertz CT molecular complexity index is 1240. The van der Waals surface area contributed by atoms with Crippen LogP contribution in [0.25, 0.3) is 17.3 Å². The van der Waals surface area contributed by atoms with Gasteiger partial charge in [-0.25, -0.2) is 0 Å². The van der Waals surface area contributed by atoms with Crippen molar-refractivity contribution in [3.8, 4) is 11.3 Å². The van der Waals surface area contributed by atoms with E-state index in [1.165, 1.54) is 38.9 Å². The number of aromatic nitrogens is 1. The summed E-state index contributed by atoms with van der Waals surface area (Å²) < 4.78 is 0. The number of carbonyl (C=O) groups is 1. The Morgan fingerprint density at radius 3 is 2.50 bits per heavy atom.